The fourth-order valence-electron chi connectivity index (χ4n) is 1.58. The summed E-state index contributed by atoms with van der Waals surface area (Å²) < 4.78 is 31.3. The van der Waals surface area contributed by atoms with E-state index in [1.54, 1.807) is 0 Å². The molecule has 0 fully saturated rings. The van der Waals surface area contributed by atoms with Crippen LogP contribution < -0.4 is 10.5 Å². The molecular formula is C13H8ClF2NO3. The lowest BCUT2D eigenvalue weighted by molar-refractivity contribution is 0.0694. The Morgan fingerprint density at radius 2 is 1.75 bits per heavy atom. The van der Waals surface area contributed by atoms with Gasteiger partial charge in [0.25, 0.3) is 0 Å². The highest BCUT2D eigenvalue weighted by atomic mass is 35.5. The Morgan fingerprint density at radius 1 is 1.15 bits per heavy atom. The average Bonchev–Trinajstić information content (AvgIpc) is 2.30. The normalized spacial score (nSPS) is 10.3. The van der Waals surface area contributed by atoms with Crippen LogP contribution in [0.1, 0.15) is 10.4 Å². The number of halogens is 3. The Morgan fingerprint density at radius 3 is 2.30 bits per heavy atom. The van der Waals surface area contributed by atoms with Crippen molar-refractivity contribution >= 4 is 23.3 Å². The number of benzene rings is 2. The average molecular weight is 300 g/mol. The van der Waals surface area contributed by atoms with Crippen LogP contribution in [0, 0.1) is 11.6 Å². The van der Waals surface area contributed by atoms with E-state index < -0.39 is 17.6 Å². The lowest BCUT2D eigenvalue weighted by Crippen LogP contribution is -2.02. The Kier molecular flexibility index (Phi) is 3.76. The van der Waals surface area contributed by atoms with Crippen LogP contribution in [0.4, 0.5) is 14.5 Å². The van der Waals surface area contributed by atoms with Gasteiger partial charge in [-0.05, 0) is 12.1 Å². The summed E-state index contributed by atoms with van der Waals surface area (Å²) in [5, 5.41) is 8.98. The summed E-state index contributed by atoms with van der Waals surface area (Å²) in [5.41, 5.74) is 5.31. The molecule has 0 amide bonds. The number of aromatic carboxylic acids is 1. The molecule has 0 saturated carbocycles. The molecule has 0 spiro atoms. The molecule has 0 radical (unpaired) electrons. The number of carbonyl (C=O) groups is 1. The Labute approximate surface area is 117 Å². The molecule has 0 unspecified atom stereocenters. The van der Waals surface area contributed by atoms with Crippen LogP contribution in [0.2, 0.25) is 5.02 Å². The van der Waals surface area contributed by atoms with E-state index in [4.69, 9.17) is 27.2 Å². The highest BCUT2D eigenvalue weighted by Gasteiger charge is 2.17. The van der Waals surface area contributed by atoms with Crippen LogP contribution in [0.15, 0.2) is 30.3 Å². The van der Waals surface area contributed by atoms with Gasteiger partial charge in [-0.3, -0.25) is 0 Å². The number of rotatable bonds is 3. The minimum atomic E-state index is -1.33. The second-order valence-corrected chi connectivity index (χ2v) is 4.30. The Hall–Kier alpha value is -2.34. The fraction of sp³-hybridized carbons (Fsp3) is 0. The van der Waals surface area contributed by atoms with Crippen LogP contribution in [-0.2, 0) is 0 Å². The van der Waals surface area contributed by atoms with Gasteiger partial charge in [0.15, 0.2) is 5.75 Å². The summed E-state index contributed by atoms with van der Waals surface area (Å²) in [6.45, 7) is 0. The van der Waals surface area contributed by atoms with Crippen molar-refractivity contribution in [3.8, 4) is 11.5 Å². The monoisotopic (exact) mass is 299 g/mol. The zero-order chi connectivity index (χ0) is 14.9. The van der Waals surface area contributed by atoms with Crippen LogP contribution >= 0.6 is 11.6 Å². The van der Waals surface area contributed by atoms with E-state index in [9.17, 15) is 13.6 Å². The first-order valence-electron chi connectivity index (χ1n) is 5.33. The summed E-state index contributed by atoms with van der Waals surface area (Å²) in [7, 11) is 0. The predicted molar refractivity (Wildman–Crippen MR) is 69.3 cm³/mol. The third-order valence-electron chi connectivity index (χ3n) is 2.35. The quantitative estimate of drug-likeness (QED) is 0.848. The molecule has 0 bridgehead atoms. The number of carboxylic acid groups (broad SMARTS) is 1. The first-order valence-corrected chi connectivity index (χ1v) is 5.71. The highest BCUT2D eigenvalue weighted by molar-refractivity contribution is 6.33. The van der Waals surface area contributed by atoms with Gasteiger partial charge in [-0.25, -0.2) is 13.6 Å². The van der Waals surface area contributed by atoms with Gasteiger partial charge in [-0.15, -0.1) is 0 Å². The van der Waals surface area contributed by atoms with Gasteiger partial charge in [-0.1, -0.05) is 11.6 Å². The van der Waals surface area contributed by atoms with Crippen LogP contribution in [0.3, 0.4) is 0 Å². The third kappa shape index (κ3) is 2.97. The highest BCUT2D eigenvalue weighted by Crippen LogP contribution is 2.35. The van der Waals surface area contributed by atoms with Crippen molar-refractivity contribution in [2.24, 2.45) is 0 Å². The maximum Gasteiger partial charge on any atom is 0.339 e. The molecule has 20 heavy (non-hydrogen) atoms. The standard InChI is InChI=1S/C13H8ClF2NO3/c14-11-5-8(17)4-10(13(18)19)12(11)20-9-2-6(15)1-7(16)3-9/h1-5H,17H2,(H,18,19). The van der Waals surface area contributed by atoms with Gasteiger partial charge < -0.3 is 15.6 Å². The molecule has 0 aliphatic heterocycles. The van der Waals surface area contributed by atoms with Crippen molar-refractivity contribution in [2.75, 3.05) is 5.73 Å². The first kappa shape index (κ1) is 14.1. The van der Waals surface area contributed by atoms with E-state index in [1.165, 1.54) is 6.07 Å². The van der Waals surface area contributed by atoms with Gasteiger partial charge in [0.1, 0.15) is 22.9 Å². The van der Waals surface area contributed by atoms with E-state index in [-0.39, 0.29) is 27.8 Å². The minimum absolute atomic E-state index is 0.0768. The lowest BCUT2D eigenvalue weighted by Gasteiger charge is -2.11. The number of hydrogen-bond donors (Lipinski definition) is 2. The van der Waals surface area contributed by atoms with Crippen LogP contribution in [0.5, 0.6) is 11.5 Å². The van der Waals surface area contributed by atoms with E-state index >= 15 is 0 Å². The fourth-order valence-corrected chi connectivity index (χ4v) is 1.85. The SMILES string of the molecule is Nc1cc(Cl)c(Oc2cc(F)cc(F)c2)c(C(=O)O)c1. The minimum Gasteiger partial charge on any atom is -0.478 e. The molecule has 2 rings (SSSR count). The van der Waals surface area contributed by atoms with E-state index in [0.717, 1.165) is 18.2 Å². The maximum atomic E-state index is 13.1. The predicted octanol–water partition coefficient (Wildman–Crippen LogP) is 3.69. The molecule has 3 N–H and O–H groups in total. The maximum absolute atomic E-state index is 13.1. The van der Waals surface area contributed by atoms with Gasteiger partial charge in [0, 0.05) is 23.9 Å². The molecule has 2 aromatic rings. The number of carboxylic acids is 1. The molecule has 0 atom stereocenters. The zero-order valence-electron chi connectivity index (χ0n) is 9.86. The van der Waals surface area contributed by atoms with E-state index in [1.807, 2.05) is 0 Å². The van der Waals surface area contributed by atoms with E-state index in [2.05, 4.69) is 0 Å². The smallest absolute Gasteiger partial charge is 0.339 e. The Balaban J connectivity index is 2.50. The summed E-state index contributed by atoms with van der Waals surface area (Å²) in [6, 6.07) is 4.89. The number of hydrogen-bond acceptors (Lipinski definition) is 3. The first-order chi connectivity index (χ1) is 9.36. The summed E-state index contributed by atoms with van der Waals surface area (Å²) in [6.07, 6.45) is 0. The molecule has 0 aliphatic carbocycles. The number of anilines is 1. The second kappa shape index (κ2) is 5.34. The topological polar surface area (TPSA) is 72.5 Å². The molecule has 4 nitrogen and oxygen atoms in total. The molecule has 0 aromatic heterocycles. The number of nitrogen functional groups attached to an aromatic ring is 1. The third-order valence-corrected chi connectivity index (χ3v) is 2.63. The molecule has 2 aromatic carbocycles. The number of nitrogens with two attached hydrogens (primary N) is 1. The van der Waals surface area contributed by atoms with Crippen molar-refractivity contribution in [1.29, 1.82) is 0 Å². The van der Waals surface area contributed by atoms with Crippen molar-refractivity contribution in [3.63, 3.8) is 0 Å². The number of ether oxygens (including phenoxy) is 1. The molecular weight excluding hydrogens is 292 g/mol. The van der Waals surface area contributed by atoms with Crippen molar-refractivity contribution in [2.45, 2.75) is 0 Å². The molecule has 0 heterocycles. The van der Waals surface area contributed by atoms with Crippen LogP contribution in [0.25, 0.3) is 0 Å². The van der Waals surface area contributed by atoms with Crippen molar-refractivity contribution in [1.82, 2.24) is 0 Å². The van der Waals surface area contributed by atoms with Gasteiger partial charge in [0.05, 0.1) is 5.02 Å². The van der Waals surface area contributed by atoms with E-state index in [0.29, 0.717) is 6.07 Å². The Bertz CT molecular complexity index is 671. The molecule has 0 saturated heterocycles. The van der Waals surface area contributed by atoms with Gasteiger partial charge >= 0.3 is 5.97 Å². The molecule has 0 aliphatic rings. The largest absolute Gasteiger partial charge is 0.478 e. The van der Waals surface area contributed by atoms with Gasteiger partial charge in [-0.2, -0.15) is 0 Å². The van der Waals surface area contributed by atoms with Crippen molar-refractivity contribution < 1.29 is 23.4 Å². The van der Waals surface area contributed by atoms with Crippen LogP contribution in [-0.4, -0.2) is 11.1 Å². The summed E-state index contributed by atoms with van der Waals surface area (Å²) in [4.78, 5) is 11.1. The molecule has 7 heteroatoms. The summed E-state index contributed by atoms with van der Waals surface area (Å²) >= 11 is 5.85. The second-order valence-electron chi connectivity index (χ2n) is 3.89. The van der Waals surface area contributed by atoms with Crippen molar-refractivity contribution in [3.05, 3.63) is 52.6 Å². The molecule has 104 valence electrons. The van der Waals surface area contributed by atoms with Gasteiger partial charge in [0.2, 0.25) is 0 Å². The summed E-state index contributed by atoms with van der Waals surface area (Å²) in [5.74, 6) is -3.49. The zero-order valence-corrected chi connectivity index (χ0v) is 10.6. The lowest BCUT2D eigenvalue weighted by atomic mass is 10.1.